The molecule has 2 aliphatic rings. The fourth-order valence-corrected chi connectivity index (χ4v) is 4.94. The number of hydrogen-bond donors (Lipinski definition) is 1. The zero-order valence-corrected chi connectivity index (χ0v) is 18.3. The Hall–Kier alpha value is -3.41. The van der Waals surface area contributed by atoms with Crippen LogP contribution in [0.15, 0.2) is 48.7 Å². The number of carbonyl (C=O) groups excluding carboxylic acids is 2. The normalized spacial score (nSPS) is 19.7. The summed E-state index contributed by atoms with van der Waals surface area (Å²) in [5.41, 5.74) is 4.62. The summed E-state index contributed by atoms with van der Waals surface area (Å²) in [4.78, 5) is 28.8. The lowest BCUT2D eigenvalue weighted by atomic mass is 9.72. The highest BCUT2D eigenvalue weighted by molar-refractivity contribution is 6.15. The lowest BCUT2D eigenvalue weighted by molar-refractivity contribution is -0.126. The molecule has 6 heteroatoms. The second-order valence-corrected chi connectivity index (χ2v) is 8.99. The third kappa shape index (κ3) is 2.67. The molecule has 5 rings (SSSR count). The maximum atomic E-state index is 14.0. The summed E-state index contributed by atoms with van der Waals surface area (Å²) < 4.78 is 1.76. The smallest absolute Gasteiger partial charge is 0.242 e. The monoisotopic (exact) mass is 414 g/mol. The van der Waals surface area contributed by atoms with E-state index in [1.807, 2.05) is 48.2 Å². The van der Waals surface area contributed by atoms with Crippen molar-refractivity contribution in [2.45, 2.75) is 39.5 Å². The van der Waals surface area contributed by atoms with Gasteiger partial charge in [-0.2, -0.15) is 5.10 Å². The third-order valence-corrected chi connectivity index (χ3v) is 6.53. The predicted molar refractivity (Wildman–Crippen MR) is 121 cm³/mol. The number of hydrogen-bond acceptors (Lipinski definition) is 3. The molecule has 31 heavy (non-hydrogen) atoms. The fourth-order valence-electron chi connectivity index (χ4n) is 4.94. The lowest BCUT2D eigenvalue weighted by Crippen LogP contribution is -2.47. The van der Waals surface area contributed by atoms with Crippen LogP contribution in [0.2, 0.25) is 0 Å². The zero-order valence-electron chi connectivity index (χ0n) is 18.3. The molecule has 0 fully saturated rings. The molecule has 158 valence electrons. The van der Waals surface area contributed by atoms with E-state index in [1.165, 1.54) is 0 Å². The van der Waals surface area contributed by atoms with E-state index < -0.39 is 5.41 Å². The largest absolute Gasteiger partial charge is 0.311 e. The van der Waals surface area contributed by atoms with E-state index in [0.717, 1.165) is 33.6 Å². The van der Waals surface area contributed by atoms with Gasteiger partial charge in [-0.3, -0.25) is 9.59 Å². The van der Waals surface area contributed by atoms with Gasteiger partial charge in [-0.15, -0.1) is 0 Å². The highest BCUT2D eigenvalue weighted by Crippen LogP contribution is 2.52. The Bertz CT molecular complexity index is 1230. The number of para-hydroxylation sites is 1. The summed E-state index contributed by atoms with van der Waals surface area (Å²) in [6.07, 6.45) is 1.84. The average molecular weight is 415 g/mol. The van der Waals surface area contributed by atoms with Gasteiger partial charge in [0.1, 0.15) is 11.2 Å². The van der Waals surface area contributed by atoms with Gasteiger partial charge in [-0.05, 0) is 48.6 Å². The molecule has 0 aliphatic carbocycles. The molecule has 3 heterocycles. The van der Waals surface area contributed by atoms with E-state index in [4.69, 9.17) is 0 Å². The van der Waals surface area contributed by atoms with Crippen molar-refractivity contribution in [1.82, 2.24) is 9.78 Å². The van der Waals surface area contributed by atoms with Crippen LogP contribution in [0.1, 0.15) is 42.5 Å². The summed E-state index contributed by atoms with van der Waals surface area (Å²) in [5, 5.41) is 7.65. The molecule has 0 saturated heterocycles. The molecule has 0 bridgehead atoms. The first-order valence-corrected chi connectivity index (χ1v) is 10.7. The Morgan fingerprint density at radius 3 is 2.55 bits per heavy atom. The predicted octanol–water partition coefficient (Wildman–Crippen LogP) is 4.12. The first kappa shape index (κ1) is 19.5. The molecule has 0 unspecified atom stereocenters. The van der Waals surface area contributed by atoms with Crippen molar-refractivity contribution in [2.24, 2.45) is 5.92 Å². The van der Waals surface area contributed by atoms with Gasteiger partial charge in [0.25, 0.3) is 0 Å². The van der Waals surface area contributed by atoms with Crippen molar-refractivity contribution in [3.8, 4) is 5.69 Å². The standard InChI is InChI=1S/C25H26N4O2/c1-15(2)14-28-21-10-6-5-9-18(21)25(24(28)31)12-22(30)27-23-19(25)13-26-29(23)20-11-7-8-16(3)17(20)4/h5-11,13,15H,12,14H2,1-4H3,(H,27,30)/t25-/m0/s1. The number of benzene rings is 2. The van der Waals surface area contributed by atoms with E-state index in [0.29, 0.717) is 18.3 Å². The Morgan fingerprint density at radius 1 is 1.03 bits per heavy atom. The molecule has 1 spiro atoms. The SMILES string of the molecule is Cc1cccc(-n2ncc3c2NC(=O)C[C@@]32C(=O)N(CC(C)C)c3ccccc32)c1C. The van der Waals surface area contributed by atoms with Gasteiger partial charge in [-0.25, -0.2) is 4.68 Å². The number of carbonyl (C=O) groups is 2. The number of fused-ring (bicyclic) bond motifs is 4. The van der Waals surface area contributed by atoms with Gasteiger partial charge < -0.3 is 10.2 Å². The van der Waals surface area contributed by atoms with Crippen LogP contribution in [0.3, 0.4) is 0 Å². The number of amides is 2. The number of rotatable bonds is 3. The third-order valence-electron chi connectivity index (χ3n) is 6.53. The van der Waals surface area contributed by atoms with Crippen LogP contribution in [0.5, 0.6) is 0 Å². The molecule has 0 radical (unpaired) electrons. The van der Waals surface area contributed by atoms with Crippen molar-refractivity contribution in [1.29, 1.82) is 0 Å². The topological polar surface area (TPSA) is 67.2 Å². The summed E-state index contributed by atoms with van der Waals surface area (Å²) in [6.45, 7) is 8.89. The van der Waals surface area contributed by atoms with Crippen molar-refractivity contribution in [3.63, 3.8) is 0 Å². The van der Waals surface area contributed by atoms with E-state index >= 15 is 0 Å². The Kier molecular flexibility index (Phi) is 4.29. The molecule has 6 nitrogen and oxygen atoms in total. The van der Waals surface area contributed by atoms with Crippen molar-refractivity contribution < 1.29 is 9.59 Å². The minimum absolute atomic E-state index is 0.0426. The van der Waals surface area contributed by atoms with Crippen LogP contribution in [-0.4, -0.2) is 28.1 Å². The van der Waals surface area contributed by atoms with Crippen molar-refractivity contribution >= 4 is 23.3 Å². The lowest BCUT2D eigenvalue weighted by Gasteiger charge is -2.33. The number of anilines is 2. The minimum Gasteiger partial charge on any atom is -0.311 e. The Labute approximate surface area is 181 Å². The maximum absolute atomic E-state index is 14.0. The second-order valence-electron chi connectivity index (χ2n) is 8.99. The number of aryl methyl sites for hydroxylation is 1. The molecule has 1 aromatic heterocycles. The highest BCUT2D eigenvalue weighted by Gasteiger charge is 2.57. The number of nitrogens with zero attached hydrogens (tertiary/aromatic N) is 3. The van der Waals surface area contributed by atoms with E-state index in [1.54, 1.807) is 10.9 Å². The molecule has 2 aromatic carbocycles. The Morgan fingerprint density at radius 2 is 1.77 bits per heavy atom. The van der Waals surface area contributed by atoms with Gasteiger partial charge in [-0.1, -0.05) is 44.2 Å². The van der Waals surface area contributed by atoms with Gasteiger partial charge in [0.15, 0.2) is 0 Å². The van der Waals surface area contributed by atoms with Crippen LogP contribution in [0.25, 0.3) is 5.69 Å². The summed E-state index contributed by atoms with van der Waals surface area (Å²) in [6, 6.07) is 13.9. The fraction of sp³-hybridized carbons (Fsp3) is 0.320. The van der Waals surface area contributed by atoms with Crippen LogP contribution < -0.4 is 10.2 Å². The van der Waals surface area contributed by atoms with Crippen LogP contribution in [0, 0.1) is 19.8 Å². The van der Waals surface area contributed by atoms with Gasteiger partial charge in [0.05, 0.1) is 11.9 Å². The first-order chi connectivity index (χ1) is 14.8. The second kappa shape index (κ2) is 6.80. The summed E-state index contributed by atoms with van der Waals surface area (Å²) in [7, 11) is 0. The van der Waals surface area contributed by atoms with Gasteiger partial charge in [0, 0.05) is 24.2 Å². The van der Waals surface area contributed by atoms with E-state index in [9.17, 15) is 9.59 Å². The number of aromatic nitrogens is 2. The summed E-state index contributed by atoms with van der Waals surface area (Å²) in [5.74, 6) is 0.675. The minimum atomic E-state index is -1.04. The molecule has 2 aliphatic heterocycles. The van der Waals surface area contributed by atoms with Crippen LogP contribution >= 0.6 is 0 Å². The zero-order chi connectivity index (χ0) is 21.9. The van der Waals surface area contributed by atoms with E-state index in [2.05, 4.69) is 37.3 Å². The van der Waals surface area contributed by atoms with Gasteiger partial charge >= 0.3 is 0 Å². The maximum Gasteiger partial charge on any atom is 0.242 e. The van der Waals surface area contributed by atoms with Crippen molar-refractivity contribution in [2.75, 3.05) is 16.8 Å². The Balaban J connectivity index is 1.75. The molecule has 2 amide bonds. The van der Waals surface area contributed by atoms with E-state index in [-0.39, 0.29) is 18.2 Å². The molecule has 0 saturated carbocycles. The average Bonchev–Trinajstić information content (AvgIpc) is 3.24. The summed E-state index contributed by atoms with van der Waals surface area (Å²) >= 11 is 0. The first-order valence-electron chi connectivity index (χ1n) is 10.7. The molecular formula is C25H26N4O2. The molecular weight excluding hydrogens is 388 g/mol. The highest BCUT2D eigenvalue weighted by atomic mass is 16.2. The number of nitrogens with one attached hydrogen (secondary N) is 1. The quantitative estimate of drug-likeness (QED) is 0.701. The molecule has 1 N–H and O–H groups in total. The molecule has 3 aromatic rings. The van der Waals surface area contributed by atoms with Crippen LogP contribution in [-0.2, 0) is 15.0 Å². The van der Waals surface area contributed by atoms with Crippen molar-refractivity contribution in [3.05, 3.63) is 70.9 Å². The molecule has 1 atom stereocenters. The van der Waals surface area contributed by atoms with Gasteiger partial charge in [0.2, 0.25) is 11.8 Å². The van der Waals surface area contributed by atoms with Crippen LogP contribution in [0.4, 0.5) is 11.5 Å².